The number of aromatic nitrogens is 1. The normalized spacial score (nSPS) is 17.8. The van der Waals surface area contributed by atoms with E-state index in [1.165, 1.54) is 18.2 Å². The second-order valence-electron chi connectivity index (χ2n) is 6.19. The maximum atomic E-state index is 14.0. The highest BCUT2D eigenvalue weighted by Gasteiger charge is 2.30. The molecule has 1 aliphatic heterocycles. The van der Waals surface area contributed by atoms with Crippen molar-refractivity contribution in [1.29, 1.82) is 0 Å². The molecule has 2 heterocycles. The van der Waals surface area contributed by atoms with Crippen LogP contribution in [-0.4, -0.2) is 40.1 Å². The number of nitrogens with zero attached hydrogens (tertiary/aromatic N) is 2. The molecular formula is C18H20F2N2O2S. The average molecular weight is 366 g/mol. The summed E-state index contributed by atoms with van der Waals surface area (Å²) < 4.78 is 28.0. The summed E-state index contributed by atoms with van der Waals surface area (Å²) in [5.74, 6) is -1.55. The van der Waals surface area contributed by atoms with Crippen molar-refractivity contribution >= 4 is 17.2 Å². The van der Waals surface area contributed by atoms with Crippen LogP contribution in [0.15, 0.2) is 18.2 Å². The highest BCUT2D eigenvalue weighted by molar-refractivity contribution is 7.17. The van der Waals surface area contributed by atoms with E-state index in [1.54, 1.807) is 11.8 Å². The van der Waals surface area contributed by atoms with Gasteiger partial charge >= 0.3 is 0 Å². The summed E-state index contributed by atoms with van der Waals surface area (Å²) in [6.07, 6.45) is 3.35. The molecule has 0 saturated carbocycles. The third kappa shape index (κ3) is 3.57. The lowest BCUT2D eigenvalue weighted by atomic mass is 9.99. The number of thiazole rings is 1. The summed E-state index contributed by atoms with van der Waals surface area (Å²) in [5.41, 5.74) is 0.279. The molecular weight excluding hydrogens is 346 g/mol. The van der Waals surface area contributed by atoms with Crippen LogP contribution in [0.3, 0.4) is 0 Å². The van der Waals surface area contributed by atoms with Crippen LogP contribution in [0.4, 0.5) is 8.78 Å². The van der Waals surface area contributed by atoms with Crippen molar-refractivity contribution in [3.63, 3.8) is 0 Å². The minimum absolute atomic E-state index is 0.00129. The van der Waals surface area contributed by atoms with Crippen LogP contribution in [0.2, 0.25) is 0 Å². The number of likely N-dealkylation sites (tertiary alicyclic amines) is 1. The summed E-state index contributed by atoms with van der Waals surface area (Å²) in [7, 11) is 0. The second-order valence-corrected chi connectivity index (χ2v) is 7.19. The van der Waals surface area contributed by atoms with Gasteiger partial charge in [-0.25, -0.2) is 13.8 Å². The van der Waals surface area contributed by atoms with Gasteiger partial charge in [0.2, 0.25) is 0 Å². The summed E-state index contributed by atoms with van der Waals surface area (Å²) in [5, 5.41) is 9.40. The Labute approximate surface area is 149 Å². The smallest absolute Gasteiger partial charge is 0.266 e. The summed E-state index contributed by atoms with van der Waals surface area (Å²) in [6.45, 7) is 2.34. The Kier molecular flexibility index (Phi) is 5.44. The van der Waals surface area contributed by atoms with Crippen LogP contribution in [0.5, 0.6) is 0 Å². The first-order chi connectivity index (χ1) is 12.0. The van der Waals surface area contributed by atoms with Gasteiger partial charge in [-0.1, -0.05) is 6.07 Å². The fraction of sp³-hybridized carbons (Fsp3) is 0.444. The molecule has 1 unspecified atom stereocenters. The van der Waals surface area contributed by atoms with Gasteiger partial charge in [0.15, 0.2) is 0 Å². The molecule has 2 aromatic rings. The molecule has 0 bridgehead atoms. The Morgan fingerprint density at radius 1 is 1.36 bits per heavy atom. The van der Waals surface area contributed by atoms with Gasteiger partial charge in [-0.05, 0) is 44.7 Å². The van der Waals surface area contributed by atoms with Crippen molar-refractivity contribution < 1.29 is 18.7 Å². The van der Waals surface area contributed by atoms with Gasteiger partial charge < -0.3 is 10.0 Å². The molecule has 1 saturated heterocycles. The van der Waals surface area contributed by atoms with Crippen LogP contribution >= 0.6 is 11.3 Å². The van der Waals surface area contributed by atoms with Crippen molar-refractivity contribution in [2.45, 2.75) is 38.6 Å². The Morgan fingerprint density at radius 2 is 2.08 bits per heavy atom. The van der Waals surface area contributed by atoms with Gasteiger partial charge in [0, 0.05) is 19.2 Å². The largest absolute Gasteiger partial charge is 0.396 e. The van der Waals surface area contributed by atoms with Crippen molar-refractivity contribution in [3.05, 3.63) is 40.4 Å². The number of carbonyl (C=O) groups is 1. The number of hydrogen-bond acceptors (Lipinski definition) is 4. The Balaban J connectivity index is 1.93. The number of aryl methyl sites for hydroxylation is 1. The molecule has 0 aliphatic carbocycles. The van der Waals surface area contributed by atoms with Gasteiger partial charge in [0.05, 0.1) is 11.3 Å². The number of benzene rings is 1. The van der Waals surface area contributed by atoms with Crippen molar-refractivity contribution in [2.75, 3.05) is 13.2 Å². The molecule has 3 rings (SSSR count). The van der Waals surface area contributed by atoms with Crippen LogP contribution in [-0.2, 0) is 0 Å². The first kappa shape index (κ1) is 17.9. The lowest BCUT2D eigenvalue weighted by Crippen LogP contribution is -2.44. The van der Waals surface area contributed by atoms with Crippen LogP contribution < -0.4 is 0 Å². The number of aliphatic hydroxyl groups is 1. The van der Waals surface area contributed by atoms with E-state index in [1.807, 2.05) is 0 Å². The monoisotopic (exact) mass is 366 g/mol. The number of halogens is 2. The quantitative estimate of drug-likeness (QED) is 0.896. The maximum Gasteiger partial charge on any atom is 0.266 e. The fourth-order valence-electron chi connectivity index (χ4n) is 3.25. The summed E-state index contributed by atoms with van der Waals surface area (Å²) >= 11 is 1.02. The third-order valence-corrected chi connectivity index (χ3v) is 5.68. The molecule has 1 fully saturated rings. The SMILES string of the molecule is Cc1nc(-c2c(F)cccc2F)sc1C(=O)N1CCCCC1CCO. The molecule has 1 aromatic heterocycles. The Hall–Kier alpha value is -1.86. The summed E-state index contributed by atoms with van der Waals surface area (Å²) in [4.78, 5) is 19.3. The van der Waals surface area contributed by atoms with Gasteiger partial charge in [-0.15, -0.1) is 11.3 Å². The fourth-order valence-corrected chi connectivity index (χ4v) is 4.32. The molecule has 134 valence electrons. The first-order valence-electron chi connectivity index (χ1n) is 8.36. The predicted octanol–water partition coefficient (Wildman–Crippen LogP) is 3.77. The standard InChI is InChI=1S/C18H20F2N2O2S/c1-11-16(18(24)22-9-3-2-5-12(22)8-10-23)25-17(21-11)15-13(19)6-4-7-14(15)20/h4,6-7,12,23H,2-3,5,8-10H2,1H3. The van der Waals surface area contributed by atoms with Crippen molar-refractivity contribution in [3.8, 4) is 10.6 Å². The van der Waals surface area contributed by atoms with E-state index in [0.29, 0.717) is 23.5 Å². The summed E-state index contributed by atoms with van der Waals surface area (Å²) in [6, 6.07) is 3.66. The first-order valence-corrected chi connectivity index (χ1v) is 9.18. The van der Waals surface area contributed by atoms with Crippen molar-refractivity contribution in [1.82, 2.24) is 9.88 Å². The zero-order valence-corrected chi connectivity index (χ0v) is 14.8. The van der Waals surface area contributed by atoms with E-state index >= 15 is 0 Å². The highest BCUT2D eigenvalue weighted by Crippen LogP contribution is 2.33. The van der Waals surface area contributed by atoms with Gasteiger partial charge in [-0.3, -0.25) is 4.79 Å². The van der Waals surface area contributed by atoms with E-state index in [0.717, 1.165) is 30.6 Å². The van der Waals surface area contributed by atoms with Crippen LogP contribution in [0.25, 0.3) is 10.6 Å². The molecule has 1 atom stereocenters. The molecule has 1 N–H and O–H groups in total. The van der Waals surface area contributed by atoms with Gasteiger partial charge in [0.1, 0.15) is 21.5 Å². The molecule has 1 amide bonds. The molecule has 25 heavy (non-hydrogen) atoms. The number of hydrogen-bond donors (Lipinski definition) is 1. The van der Waals surface area contributed by atoms with Crippen LogP contribution in [0.1, 0.15) is 41.0 Å². The zero-order chi connectivity index (χ0) is 18.0. The molecule has 0 spiro atoms. The topological polar surface area (TPSA) is 53.4 Å². The van der Waals surface area contributed by atoms with E-state index in [2.05, 4.69) is 4.98 Å². The average Bonchev–Trinajstić information content (AvgIpc) is 2.96. The lowest BCUT2D eigenvalue weighted by Gasteiger charge is -2.35. The molecule has 1 aromatic carbocycles. The number of piperidine rings is 1. The van der Waals surface area contributed by atoms with E-state index in [9.17, 15) is 18.7 Å². The minimum Gasteiger partial charge on any atom is -0.396 e. The minimum atomic E-state index is -0.691. The van der Waals surface area contributed by atoms with E-state index in [-0.39, 0.29) is 29.1 Å². The zero-order valence-electron chi connectivity index (χ0n) is 14.0. The lowest BCUT2D eigenvalue weighted by molar-refractivity contribution is 0.0578. The molecule has 4 nitrogen and oxygen atoms in total. The maximum absolute atomic E-state index is 14.0. The molecule has 1 aliphatic rings. The number of rotatable bonds is 4. The number of amides is 1. The highest BCUT2D eigenvalue weighted by atomic mass is 32.1. The Morgan fingerprint density at radius 3 is 2.76 bits per heavy atom. The second kappa shape index (κ2) is 7.58. The van der Waals surface area contributed by atoms with Gasteiger partial charge in [0.25, 0.3) is 5.91 Å². The Bertz CT molecular complexity index is 756. The number of carbonyl (C=O) groups excluding carboxylic acids is 1. The van der Waals surface area contributed by atoms with Crippen molar-refractivity contribution in [2.24, 2.45) is 0 Å². The number of aliphatic hydroxyl groups excluding tert-OH is 1. The third-order valence-electron chi connectivity index (χ3n) is 4.52. The van der Waals surface area contributed by atoms with Gasteiger partial charge in [-0.2, -0.15) is 0 Å². The molecule has 7 heteroatoms. The molecule has 0 radical (unpaired) electrons. The van der Waals surface area contributed by atoms with E-state index in [4.69, 9.17) is 0 Å². The van der Waals surface area contributed by atoms with Crippen LogP contribution in [0, 0.1) is 18.6 Å². The predicted molar refractivity (Wildman–Crippen MR) is 92.6 cm³/mol. The van der Waals surface area contributed by atoms with E-state index < -0.39 is 11.6 Å².